The summed E-state index contributed by atoms with van der Waals surface area (Å²) in [5.74, 6) is -0.682. The molecule has 3 aliphatic heterocycles. The smallest absolute Gasteiger partial charge is 0.408 e. The van der Waals surface area contributed by atoms with Gasteiger partial charge in [0.05, 0.1) is 29.0 Å². The normalized spacial score (nSPS) is 31.3. The molecule has 16 heteroatoms. The van der Waals surface area contributed by atoms with E-state index in [1.807, 2.05) is 45.0 Å². The van der Waals surface area contributed by atoms with Crippen molar-refractivity contribution in [2.24, 2.45) is 23.2 Å². The number of nitrogens with zero attached hydrogens (tertiary/aromatic N) is 3. The SMILES string of the molecule is C=CC1CCC1(NC(=O)C1CC2CN1C(=O)C(C(C)(C)C)NC(=O)OC1CC1CCCCCc1c(nc3ccccc3c1OCC1CCCN(CC)C1)O2)C(=O)NS(=O)(=C=O)C1(C)CC1. The highest BCUT2D eigenvalue weighted by Crippen LogP contribution is 2.45. The highest BCUT2D eigenvalue weighted by atomic mass is 32.2. The van der Waals surface area contributed by atoms with Gasteiger partial charge in [0, 0.05) is 30.2 Å². The van der Waals surface area contributed by atoms with Gasteiger partial charge in [0.25, 0.3) is 5.91 Å². The van der Waals surface area contributed by atoms with Crippen molar-refractivity contribution in [3.05, 3.63) is 42.5 Å². The number of benzene rings is 1. The Morgan fingerprint density at radius 1 is 1.06 bits per heavy atom. The fourth-order valence-corrected chi connectivity index (χ4v) is 11.9. The monoisotopic (exact) mass is 916 g/mol. The second-order valence-electron chi connectivity index (χ2n) is 20.8. The Hall–Kier alpha value is -4.66. The number of amides is 4. The lowest BCUT2D eigenvalue weighted by molar-refractivity contribution is -0.145. The molecule has 2 saturated heterocycles. The topological polar surface area (TPSA) is 186 Å². The second-order valence-corrected chi connectivity index (χ2v) is 23.2. The largest absolute Gasteiger partial charge is 0.492 e. The summed E-state index contributed by atoms with van der Waals surface area (Å²) in [4.78, 5) is 78.8. The Morgan fingerprint density at radius 2 is 1.85 bits per heavy atom. The van der Waals surface area contributed by atoms with Gasteiger partial charge in [0.2, 0.25) is 22.9 Å². The van der Waals surface area contributed by atoms with Crippen molar-refractivity contribution in [2.75, 3.05) is 32.8 Å². The average Bonchev–Trinajstić information content (AvgIpc) is 4.17. The lowest BCUT2D eigenvalue weighted by Gasteiger charge is -2.48. The number of likely N-dealkylation sites (tertiary alicyclic amines) is 1. The Morgan fingerprint density at radius 3 is 2.54 bits per heavy atom. The maximum Gasteiger partial charge on any atom is 0.408 e. The number of ether oxygens (including phenoxy) is 3. The van der Waals surface area contributed by atoms with Crippen LogP contribution in [-0.2, 0) is 40.0 Å². The van der Waals surface area contributed by atoms with Gasteiger partial charge >= 0.3 is 6.09 Å². The van der Waals surface area contributed by atoms with Crippen LogP contribution in [0, 0.1) is 23.2 Å². The molecule has 3 aliphatic carbocycles. The van der Waals surface area contributed by atoms with Crippen LogP contribution in [0.2, 0.25) is 0 Å². The van der Waals surface area contributed by atoms with Gasteiger partial charge in [0.15, 0.2) is 0 Å². The van der Waals surface area contributed by atoms with Gasteiger partial charge in [-0.05, 0) is 108 Å². The lowest BCUT2D eigenvalue weighted by Crippen LogP contribution is -2.70. The van der Waals surface area contributed by atoms with E-state index in [9.17, 15) is 23.4 Å². The van der Waals surface area contributed by atoms with Gasteiger partial charge in [-0.3, -0.25) is 19.1 Å². The molecule has 5 fully saturated rings. The number of piperidine rings is 1. The predicted octanol–water partition coefficient (Wildman–Crippen LogP) is 5.73. The quantitative estimate of drug-likeness (QED) is 0.196. The summed E-state index contributed by atoms with van der Waals surface area (Å²) in [5.41, 5.74) is -0.832. The molecule has 0 spiro atoms. The molecule has 8 rings (SSSR count). The zero-order valence-corrected chi connectivity index (χ0v) is 39.6. The first kappa shape index (κ1) is 46.9. The molecule has 6 aliphatic rings. The summed E-state index contributed by atoms with van der Waals surface area (Å²) in [5, 5.41) is 8.35. The summed E-state index contributed by atoms with van der Waals surface area (Å²) in [7, 11) is -3.58. The van der Waals surface area contributed by atoms with E-state index < -0.39 is 73.3 Å². The van der Waals surface area contributed by atoms with Crippen LogP contribution in [-0.4, -0.2) is 115 Å². The molecule has 4 amide bonds. The van der Waals surface area contributed by atoms with Crippen molar-refractivity contribution in [3.8, 4) is 11.6 Å². The van der Waals surface area contributed by atoms with Gasteiger partial charge in [-0.2, -0.15) is 0 Å². The van der Waals surface area contributed by atoms with Crippen LogP contribution in [0.5, 0.6) is 11.6 Å². The number of carbonyl (C=O) groups excluding carboxylic acids is 5. The minimum Gasteiger partial charge on any atom is -0.492 e. The first-order valence-corrected chi connectivity index (χ1v) is 25.5. The minimum absolute atomic E-state index is 0.0274. The number of nitrogens with one attached hydrogen (secondary N) is 3. The molecule has 0 radical (unpaired) electrons. The molecule has 9 unspecified atom stereocenters. The van der Waals surface area contributed by atoms with Gasteiger partial charge in [-0.25, -0.2) is 18.8 Å². The number of carbonyl (C=O) groups is 4. The van der Waals surface area contributed by atoms with Crippen molar-refractivity contribution < 1.29 is 42.4 Å². The summed E-state index contributed by atoms with van der Waals surface area (Å²) in [6, 6.07) is 5.64. The molecule has 9 atom stereocenters. The zero-order valence-electron chi connectivity index (χ0n) is 38.8. The standard InChI is InChI=1S/C49H68N6O9S/c1-7-33-20-21-49(33,45(59)53-65(61,30-56)48(6)22-23-48)52-42(57)38-26-34-28-55(38)44(58)41(47(3,4)5)51-46(60)64-39-25-32(39)16-10-9-11-18-36-40(62-29-31-15-14-24-54(8-2)27-31)35-17-12-13-19-37(35)50-43(36)63-34/h7,12-13,17,19,31-34,38-39,41H,1,8-11,14-16,18,20-29H2,2-6H3,(H,51,60)(H,52,57)(H,53,59,61). The molecule has 3 N–H and O–H groups in total. The third-order valence-electron chi connectivity index (χ3n) is 15.1. The van der Waals surface area contributed by atoms with E-state index in [0.29, 0.717) is 49.6 Å². The average molecular weight is 917 g/mol. The molecular formula is C49H68N6O9S. The third kappa shape index (κ3) is 9.63. The van der Waals surface area contributed by atoms with E-state index >= 15 is 4.79 Å². The van der Waals surface area contributed by atoms with Crippen molar-refractivity contribution in [1.29, 1.82) is 0 Å². The molecule has 2 aromatic rings. The van der Waals surface area contributed by atoms with Crippen molar-refractivity contribution in [3.63, 3.8) is 0 Å². The fourth-order valence-electron chi connectivity index (χ4n) is 10.3. The molecular weight excluding hydrogens is 849 g/mol. The number of hydrogen-bond acceptors (Lipinski definition) is 11. The number of rotatable bonds is 10. The number of alkyl carbamates (subject to hydrolysis) is 1. The van der Waals surface area contributed by atoms with E-state index in [-0.39, 0.29) is 31.4 Å². The predicted molar refractivity (Wildman–Crippen MR) is 247 cm³/mol. The van der Waals surface area contributed by atoms with E-state index in [0.717, 1.165) is 81.3 Å². The first-order valence-electron chi connectivity index (χ1n) is 23.9. The second kappa shape index (κ2) is 18.6. The molecule has 354 valence electrons. The van der Waals surface area contributed by atoms with Crippen LogP contribution >= 0.6 is 0 Å². The maximum atomic E-state index is 15.0. The minimum atomic E-state index is -3.58. The van der Waals surface area contributed by atoms with E-state index in [1.54, 1.807) is 18.2 Å². The van der Waals surface area contributed by atoms with Gasteiger partial charge < -0.3 is 34.6 Å². The highest BCUT2D eigenvalue weighted by Gasteiger charge is 2.58. The summed E-state index contributed by atoms with van der Waals surface area (Å²) >= 11 is 0. The first-order chi connectivity index (χ1) is 31.0. The highest BCUT2D eigenvalue weighted by molar-refractivity contribution is 8.00. The van der Waals surface area contributed by atoms with Gasteiger partial charge in [-0.15, -0.1) is 6.58 Å². The van der Waals surface area contributed by atoms with Gasteiger partial charge in [0.1, 0.15) is 45.3 Å². The zero-order chi connectivity index (χ0) is 46.3. The molecule has 3 saturated carbocycles. The Labute approximate surface area is 383 Å². The molecule has 1 aromatic heterocycles. The molecule has 15 nitrogen and oxygen atoms in total. The Balaban J connectivity index is 1.15. The fraction of sp³-hybridized carbons (Fsp3) is 0.673. The summed E-state index contributed by atoms with van der Waals surface area (Å²) < 4.78 is 35.1. The lowest BCUT2D eigenvalue weighted by atomic mass is 9.66. The van der Waals surface area contributed by atoms with E-state index in [4.69, 9.17) is 19.2 Å². The molecule has 4 heterocycles. The number of aromatic nitrogens is 1. The molecule has 2 bridgehead atoms. The Bertz CT molecular complexity index is 2330. The van der Waals surface area contributed by atoms with Crippen LogP contribution < -0.4 is 24.8 Å². The third-order valence-corrected chi connectivity index (χ3v) is 17.6. The molecule has 1 aromatic carbocycles. The van der Waals surface area contributed by atoms with Crippen LogP contribution in [0.3, 0.4) is 0 Å². The van der Waals surface area contributed by atoms with Crippen molar-refractivity contribution in [1.82, 2.24) is 30.1 Å². The van der Waals surface area contributed by atoms with E-state index in [1.165, 1.54) is 4.90 Å². The number of fused-ring (bicyclic) bond motifs is 5. The van der Waals surface area contributed by atoms with Gasteiger partial charge in [-0.1, -0.05) is 58.7 Å². The number of hydrogen-bond donors (Lipinski definition) is 3. The van der Waals surface area contributed by atoms with Crippen molar-refractivity contribution >= 4 is 49.7 Å². The number of pyridine rings is 1. The maximum absolute atomic E-state index is 15.0. The summed E-state index contributed by atoms with van der Waals surface area (Å²) in [6.45, 7) is 16.9. The van der Waals surface area contributed by atoms with Crippen LogP contribution in [0.25, 0.3) is 10.9 Å². The Kier molecular flexibility index (Phi) is 13.4. The van der Waals surface area contributed by atoms with E-state index in [2.05, 4.69) is 33.8 Å². The van der Waals surface area contributed by atoms with Crippen LogP contribution in [0.15, 0.2) is 36.9 Å². The van der Waals surface area contributed by atoms with Crippen LogP contribution in [0.1, 0.15) is 117 Å². The molecule has 65 heavy (non-hydrogen) atoms. The number of para-hydroxylation sites is 1. The van der Waals surface area contributed by atoms with Crippen molar-refractivity contribution in [2.45, 2.75) is 153 Å². The summed E-state index contributed by atoms with van der Waals surface area (Å²) in [6.07, 6.45) is 8.90. The van der Waals surface area contributed by atoms with Crippen LogP contribution in [0.4, 0.5) is 4.79 Å².